The SMILES string of the molecule is CC(C)(C)c1ccc2nc(-c3ccc(Cl)c(CCc4ccccc4C(F)(F)F)c3)[nH]c2c1. The molecule has 1 aromatic heterocycles. The number of benzene rings is 3. The van der Waals surface area contributed by atoms with Crippen molar-refractivity contribution in [3.8, 4) is 11.4 Å². The number of rotatable bonds is 4. The van der Waals surface area contributed by atoms with E-state index in [1.54, 1.807) is 12.1 Å². The van der Waals surface area contributed by atoms with E-state index in [0.29, 0.717) is 17.3 Å². The molecule has 0 spiro atoms. The fourth-order valence-corrected chi connectivity index (χ4v) is 4.02. The molecule has 166 valence electrons. The molecule has 1 N–H and O–H groups in total. The Kier molecular flexibility index (Phi) is 5.80. The molecule has 4 aromatic rings. The lowest BCUT2D eigenvalue weighted by Gasteiger charge is -2.18. The summed E-state index contributed by atoms with van der Waals surface area (Å²) < 4.78 is 39.9. The summed E-state index contributed by atoms with van der Waals surface area (Å²) in [5, 5.41) is 0.532. The van der Waals surface area contributed by atoms with E-state index < -0.39 is 11.7 Å². The monoisotopic (exact) mass is 456 g/mol. The Morgan fingerprint density at radius 3 is 2.31 bits per heavy atom. The first-order valence-electron chi connectivity index (χ1n) is 10.5. The lowest BCUT2D eigenvalue weighted by Crippen LogP contribution is -2.10. The number of nitrogens with zero attached hydrogens (tertiary/aromatic N) is 1. The fraction of sp³-hybridized carbons (Fsp3) is 0.269. The van der Waals surface area contributed by atoms with Crippen molar-refractivity contribution in [2.75, 3.05) is 0 Å². The van der Waals surface area contributed by atoms with Gasteiger partial charge < -0.3 is 4.98 Å². The molecule has 32 heavy (non-hydrogen) atoms. The van der Waals surface area contributed by atoms with Crippen molar-refractivity contribution in [1.82, 2.24) is 9.97 Å². The van der Waals surface area contributed by atoms with E-state index in [9.17, 15) is 13.2 Å². The second-order valence-electron chi connectivity index (χ2n) is 9.03. The van der Waals surface area contributed by atoms with Gasteiger partial charge in [-0.15, -0.1) is 0 Å². The van der Waals surface area contributed by atoms with E-state index in [-0.39, 0.29) is 17.4 Å². The van der Waals surface area contributed by atoms with Crippen LogP contribution in [0.1, 0.15) is 43.0 Å². The number of alkyl halides is 3. The fourth-order valence-electron chi connectivity index (χ4n) is 3.81. The minimum absolute atomic E-state index is 0.0274. The topological polar surface area (TPSA) is 28.7 Å². The molecule has 0 aliphatic heterocycles. The lowest BCUT2D eigenvalue weighted by atomic mass is 9.87. The van der Waals surface area contributed by atoms with Gasteiger partial charge in [0.25, 0.3) is 0 Å². The van der Waals surface area contributed by atoms with Gasteiger partial charge in [0.2, 0.25) is 0 Å². The largest absolute Gasteiger partial charge is 0.416 e. The van der Waals surface area contributed by atoms with Crippen LogP contribution >= 0.6 is 11.6 Å². The highest BCUT2D eigenvalue weighted by Gasteiger charge is 2.32. The van der Waals surface area contributed by atoms with Crippen molar-refractivity contribution in [2.24, 2.45) is 0 Å². The van der Waals surface area contributed by atoms with Crippen molar-refractivity contribution in [2.45, 2.75) is 45.2 Å². The zero-order valence-electron chi connectivity index (χ0n) is 18.1. The van der Waals surface area contributed by atoms with Gasteiger partial charge in [0, 0.05) is 10.6 Å². The predicted octanol–water partition coefficient (Wildman–Crippen LogP) is 7.98. The molecule has 4 rings (SSSR count). The number of halogens is 4. The second kappa shape index (κ2) is 8.28. The zero-order chi connectivity index (χ0) is 23.1. The Morgan fingerprint density at radius 1 is 0.875 bits per heavy atom. The normalized spacial score (nSPS) is 12.5. The Hall–Kier alpha value is -2.79. The summed E-state index contributed by atoms with van der Waals surface area (Å²) in [6, 6.07) is 17.4. The number of nitrogens with one attached hydrogen (secondary N) is 1. The molecule has 0 aliphatic carbocycles. The summed E-state index contributed by atoms with van der Waals surface area (Å²) in [6.45, 7) is 6.48. The number of aromatic nitrogens is 2. The summed E-state index contributed by atoms with van der Waals surface area (Å²) in [7, 11) is 0. The van der Waals surface area contributed by atoms with Crippen molar-refractivity contribution in [3.05, 3.63) is 87.9 Å². The van der Waals surface area contributed by atoms with Crippen LogP contribution in [0, 0.1) is 0 Å². The number of H-pyrrole nitrogens is 1. The second-order valence-corrected chi connectivity index (χ2v) is 9.44. The zero-order valence-corrected chi connectivity index (χ0v) is 18.9. The maximum atomic E-state index is 13.3. The Labute approximate surface area is 190 Å². The Morgan fingerprint density at radius 2 is 1.59 bits per heavy atom. The highest BCUT2D eigenvalue weighted by molar-refractivity contribution is 6.31. The highest BCUT2D eigenvalue weighted by Crippen LogP contribution is 2.33. The van der Waals surface area contributed by atoms with Crippen LogP contribution in [0.25, 0.3) is 22.4 Å². The average molecular weight is 457 g/mol. The Balaban J connectivity index is 1.63. The summed E-state index contributed by atoms with van der Waals surface area (Å²) >= 11 is 6.38. The molecule has 0 unspecified atom stereocenters. The average Bonchev–Trinajstić information content (AvgIpc) is 3.15. The summed E-state index contributed by atoms with van der Waals surface area (Å²) in [5.74, 6) is 0.708. The van der Waals surface area contributed by atoms with Crippen LogP contribution < -0.4 is 0 Å². The van der Waals surface area contributed by atoms with E-state index in [1.807, 2.05) is 18.2 Å². The van der Waals surface area contributed by atoms with Gasteiger partial charge >= 0.3 is 6.18 Å². The van der Waals surface area contributed by atoms with Crippen LogP contribution in [0.5, 0.6) is 0 Å². The molecule has 0 saturated heterocycles. The summed E-state index contributed by atoms with van der Waals surface area (Å²) in [6.07, 6.45) is -3.73. The predicted molar refractivity (Wildman–Crippen MR) is 124 cm³/mol. The molecule has 0 atom stereocenters. The third-order valence-electron chi connectivity index (χ3n) is 5.65. The van der Waals surface area contributed by atoms with Crippen LogP contribution in [0.4, 0.5) is 13.2 Å². The highest BCUT2D eigenvalue weighted by atomic mass is 35.5. The molecular formula is C26H24ClF3N2. The van der Waals surface area contributed by atoms with Gasteiger partial charge in [-0.1, -0.05) is 56.6 Å². The van der Waals surface area contributed by atoms with E-state index in [2.05, 4.69) is 37.9 Å². The van der Waals surface area contributed by atoms with Crippen LogP contribution in [0.2, 0.25) is 5.02 Å². The molecule has 0 fully saturated rings. The van der Waals surface area contributed by atoms with Gasteiger partial charge in [0.15, 0.2) is 0 Å². The quantitative estimate of drug-likeness (QED) is 0.331. The standard InChI is InChI=1S/C26H24ClF3N2/c1-25(2,3)19-11-13-22-23(15-19)32-24(31-22)18-10-12-21(27)17(14-18)9-8-16-6-4-5-7-20(16)26(28,29)30/h4-7,10-15H,8-9H2,1-3H3,(H,31,32). The number of aryl methyl sites for hydroxylation is 2. The van der Waals surface area contributed by atoms with Gasteiger partial charge in [0.05, 0.1) is 16.6 Å². The lowest BCUT2D eigenvalue weighted by molar-refractivity contribution is -0.138. The number of fused-ring (bicyclic) bond motifs is 1. The number of imidazole rings is 1. The van der Waals surface area contributed by atoms with Crippen LogP contribution in [-0.4, -0.2) is 9.97 Å². The molecule has 3 aromatic carbocycles. The maximum Gasteiger partial charge on any atom is 0.416 e. The molecule has 0 radical (unpaired) electrons. The maximum absolute atomic E-state index is 13.3. The molecular weight excluding hydrogens is 433 g/mol. The van der Waals surface area contributed by atoms with Crippen molar-refractivity contribution < 1.29 is 13.2 Å². The number of hydrogen-bond acceptors (Lipinski definition) is 1. The van der Waals surface area contributed by atoms with Crippen LogP contribution in [-0.2, 0) is 24.4 Å². The van der Waals surface area contributed by atoms with Gasteiger partial charge in [0.1, 0.15) is 5.82 Å². The van der Waals surface area contributed by atoms with Gasteiger partial charge in [-0.25, -0.2) is 4.98 Å². The number of hydrogen-bond donors (Lipinski definition) is 1. The molecule has 2 nitrogen and oxygen atoms in total. The third kappa shape index (κ3) is 4.68. The van der Waals surface area contributed by atoms with Crippen molar-refractivity contribution >= 4 is 22.6 Å². The smallest absolute Gasteiger partial charge is 0.338 e. The minimum atomic E-state index is -4.37. The van der Waals surface area contributed by atoms with Gasteiger partial charge in [-0.05, 0) is 71.3 Å². The van der Waals surface area contributed by atoms with E-state index in [0.717, 1.165) is 28.2 Å². The summed E-state index contributed by atoms with van der Waals surface area (Å²) in [5.41, 5.74) is 4.35. The molecule has 0 bridgehead atoms. The van der Waals surface area contributed by atoms with E-state index >= 15 is 0 Å². The van der Waals surface area contributed by atoms with Crippen LogP contribution in [0.3, 0.4) is 0 Å². The summed E-state index contributed by atoms with van der Waals surface area (Å²) in [4.78, 5) is 8.07. The van der Waals surface area contributed by atoms with Crippen LogP contribution in [0.15, 0.2) is 60.7 Å². The first-order valence-corrected chi connectivity index (χ1v) is 10.8. The molecule has 0 amide bonds. The van der Waals surface area contributed by atoms with E-state index in [1.165, 1.54) is 17.7 Å². The van der Waals surface area contributed by atoms with Crippen molar-refractivity contribution in [3.63, 3.8) is 0 Å². The van der Waals surface area contributed by atoms with Gasteiger partial charge in [-0.2, -0.15) is 13.2 Å². The molecule has 6 heteroatoms. The van der Waals surface area contributed by atoms with Gasteiger partial charge in [-0.3, -0.25) is 0 Å². The first-order chi connectivity index (χ1) is 15.0. The molecule has 0 saturated carbocycles. The molecule has 1 heterocycles. The molecule has 0 aliphatic rings. The van der Waals surface area contributed by atoms with E-state index in [4.69, 9.17) is 16.6 Å². The third-order valence-corrected chi connectivity index (χ3v) is 6.02. The number of aromatic amines is 1. The Bertz CT molecular complexity index is 1270. The first kappa shape index (κ1) is 22.4. The van der Waals surface area contributed by atoms with Crippen molar-refractivity contribution in [1.29, 1.82) is 0 Å². The minimum Gasteiger partial charge on any atom is -0.338 e.